The average molecular weight is 282 g/mol. The summed E-state index contributed by atoms with van der Waals surface area (Å²) < 4.78 is 0. The molecule has 0 aromatic rings. The molecule has 0 heterocycles. The molecule has 1 unspecified atom stereocenters. The minimum Gasteiger partial charge on any atom is -0.102 e. The van der Waals surface area contributed by atoms with Gasteiger partial charge in [0.05, 0.1) is 0 Å². The molecule has 102 valence electrons. The smallest absolute Gasteiger partial charge is 0.00236 e. The third-order valence-corrected chi connectivity index (χ3v) is 8.58. The molecular formula is C16H28P2. The summed E-state index contributed by atoms with van der Waals surface area (Å²) in [4.78, 5) is 0. The lowest BCUT2D eigenvalue weighted by Gasteiger charge is -2.31. The topological polar surface area (TPSA) is 0 Å². The predicted molar refractivity (Wildman–Crippen MR) is 90.0 cm³/mol. The van der Waals surface area contributed by atoms with Crippen molar-refractivity contribution < 1.29 is 0 Å². The molecule has 0 amide bonds. The van der Waals surface area contributed by atoms with Crippen LogP contribution in [0.2, 0.25) is 0 Å². The molecule has 0 saturated heterocycles. The highest BCUT2D eigenvalue weighted by molar-refractivity contribution is 7.68. The van der Waals surface area contributed by atoms with Gasteiger partial charge in [-0.05, 0) is 52.3 Å². The Bertz CT molecular complexity index is 322. The lowest BCUT2D eigenvalue weighted by Crippen LogP contribution is -2.17. The van der Waals surface area contributed by atoms with Crippen molar-refractivity contribution in [1.82, 2.24) is 0 Å². The Hall–Kier alpha value is -0.0200. The fourth-order valence-corrected chi connectivity index (χ4v) is 5.96. The first kappa shape index (κ1) is 18.0. The largest absolute Gasteiger partial charge is 0.102 e. The van der Waals surface area contributed by atoms with Gasteiger partial charge in [-0.1, -0.05) is 52.9 Å². The minimum atomic E-state index is -0.205. The Morgan fingerprint density at radius 1 is 0.667 bits per heavy atom. The van der Waals surface area contributed by atoms with E-state index in [1.165, 1.54) is 12.3 Å². The Morgan fingerprint density at radius 3 is 1.11 bits per heavy atom. The normalized spacial score (nSPS) is 14.9. The summed E-state index contributed by atoms with van der Waals surface area (Å²) in [6.45, 7) is 17.8. The summed E-state index contributed by atoms with van der Waals surface area (Å²) in [5, 5.41) is 0.660. The molecule has 0 aromatic heterocycles. The summed E-state index contributed by atoms with van der Waals surface area (Å²) in [6.07, 6.45) is 2.47. The summed E-state index contributed by atoms with van der Waals surface area (Å²) in [7, 11) is -0.410. The highest BCUT2D eigenvalue weighted by Gasteiger charge is 2.27. The van der Waals surface area contributed by atoms with Gasteiger partial charge in [0, 0.05) is 0 Å². The van der Waals surface area contributed by atoms with E-state index in [1.54, 1.807) is 0 Å². The van der Waals surface area contributed by atoms with Gasteiger partial charge in [-0.15, -0.1) is 11.8 Å². The Labute approximate surface area is 117 Å². The first-order valence-corrected chi connectivity index (χ1v) is 9.58. The third kappa shape index (κ3) is 6.79. The highest BCUT2D eigenvalue weighted by Crippen LogP contribution is 2.54. The van der Waals surface area contributed by atoms with Crippen molar-refractivity contribution >= 4 is 15.8 Å². The molecule has 0 rings (SSSR count). The number of hydrogen-bond acceptors (Lipinski definition) is 0. The third-order valence-electron chi connectivity index (χ3n) is 2.66. The second-order valence-electron chi connectivity index (χ2n) is 6.37. The van der Waals surface area contributed by atoms with Gasteiger partial charge in [0.1, 0.15) is 0 Å². The van der Waals surface area contributed by atoms with Gasteiger partial charge < -0.3 is 0 Å². The molecule has 0 aliphatic rings. The molecule has 2 atom stereocenters. The van der Waals surface area contributed by atoms with Gasteiger partial charge in [0.25, 0.3) is 0 Å². The molecule has 0 nitrogen and oxygen atoms in total. The van der Waals surface area contributed by atoms with Crippen LogP contribution < -0.4 is 0 Å². The zero-order chi connectivity index (χ0) is 14.4. The monoisotopic (exact) mass is 282 g/mol. The predicted octanol–water partition coefficient (Wildman–Crippen LogP) is 5.51. The Kier molecular flexibility index (Phi) is 7.53. The van der Waals surface area contributed by atoms with Crippen LogP contribution in [0.25, 0.3) is 0 Å². The van der Waals surface area contributed by atoms with E-state index in [1.807, 2.05) is 13.8 Å². The van der Waals surface area contributed by atoms with Gasteiger partial charge >= 0.3 is 0 Å². The first-order chi connectivity index (χ1) is 8.12. The van der Waals surface area contributed by atoms with Crippen molar-refractivity contribution in [2.75, 3.05) is 12.3 Å². The maximum Gasteiger partial charge on any atom is -0.00236 e. The molecule has 0 bridgehead atoms. The zero-order valence-electron chi connectivity index (χ0n) is 13.3. The van der Waals surface area contributed by atoms with Gasteiger partial charge in [-0.2, -0.15) is 0 Å². The van der Waals surface area contributed by atoms with E-state index in [9.17, 15) is 0 Å². The van der Waals surface area contributed by atoms with Gasteiger partial charge in [0.15, 0.2) is 0 Å². The molecule has 18 heavy (non-hydrogen) atoms. The van der Waals surface area contributed by atoms with Crippen LogP contribution in [0.15, 0.2) is 0 Å². The zero-order valence-corrected chi connectivity index (χ0v) is 15.1. The molecule has 0 N–H and O–H groups in total. The van der Waals surface area contributed by atoms with Crippen LogP contribution in [0.3, 0.4) is 0 Å². The SMILES string of the molecule is CC#CP(CC[P@@](C#CC)C(C)(C)C)C(C)(C)C. The summed E-state index contributed by atoms with van der Waals surface area (Å²) in [5.74, 6) is 6.24. The van der Waals surface area contributed by atoms with Gasteiger partial charge in [-0.3, -0.25) is 0 Å². The quantitative estimate of drug-likeness (QED) is 0.473. The number of rotatable bonds is 3. The molecular weight excluding hydrogens is 254 g/mol. The van der Waals surface area contributed by atoms with Crippen LogP contribution in [0, 0.1) is 23.2 Å². The van der Waals surface area contributed by atoms with Crippen LogP contribution in [-0.2, 0) is 0 Å². The van der Waals surface area contributed by atoms with E-state index in [0.29, 0.717) is 10.3 Å². The molecule has 0 radical (unpaired) electrons. The van der Waals surface area contributed by atoms with E-state index in [-0.39, 0.29) is 15.8 Å². The van der Waals surface area contributed by atoms with Crippen molar-refractivity contribution in [3.05, 3.63) is 0 Å². The van der Waals surface area contributed by atoms with E-state index >= 15 is 0 Å². The minimum absolute atomic E-state index is 0.205. The molecule has 2 heteroatoms. The second-order valence-corrected chi connectivity index (χ2v) is 12.1. The first-order valence-electron chi connectivity index (χ1n) is 6.53. The lowest BCUT2D eigenvalue weighted by molar-refractivity contribution is 0.781. The average Bonchev–Trinajstić information content (AvgIpc) is 2.18. The molecule has 0 aromatic carbocycles. The second kappa shape index (κ2) is 7.54. The van der Waals surface area contributed by atoms with Crippen LogP contribution in [0.4, 0.5) is 0 Å². The van der Waals surface area contributed by atoms with Crippen LogP contribution in [0.1, 0.15) is 55.4 Å². The summed E-state index contributed by atoms with van der Waals surface area (Å²) in [5.41, 5.74) is 6.90. The van der Waals surface area contributed by atoms with E-state index in [0.717, 1.165) is 0 Å². The van der Waals surface area contributed by atoms with Crippen molar-refractivity contribution in [3.63, 3.8) is 0 Å². The van der Waals surface area contributed by atoms with Crippen LogP contribution in [-0.4, -0.2) is 22.6 Å². The molecule has 0 spiro atoms. The standard InChI is InChI=1S/C16H28P2/c1-9-11-17(15(3,4)5)13-14-18(12-10-2)16(6,7)8/h13-14H2,1-8H3/t17-,18?/m1/s1. The molecule has 0 aliphatic heterocycles. The summed E-state index contributed by atoms with van der Waals surface area (Å²) in [6, 6.07) is 0. The van der Waals surface area contributed by atoms with E-state index in [2.05, 4.69) is 64.7 Å². The van der Waals surface area contributed by atoms with Gasteiger partial charge in [0.2, 0.25) is 0 Å². The Balaban J connectivity index is 4.75. The van der Waals surface area contributed by atoms with Crippen LogP contribution >= 0.6 is 15.8 Å². The molecule has 0 saturated carbocycles. The Morgan fingerprint density at radius 2 is 0.944 bits per heavy atom. The maximum atomic E-state index is 3.45. The highest BCUT2D eigenvalue weighted by atomic mass is 31.1. The van der Waals surface area contributed by atoms with Gasteiger partial charge in [-0.25, -0.2) is 0 Å². The van der Waals surface area contributed by atoms with Crippen molar-refractivity contribution in [2.24, 2.45) is 0 Å². The number of hydrogen-bond donors (Lipinski definition) is 0. The maximum absolute atomic E-state index is 3.45. The molecule has 0 fully saturated rings. The van der Waals surface area contributed by atoms with Crippen molar-refractivity contribution in [3.8, 4) is 23.2 Å². The van der Waals surface area contributed by atoms with Crippen molar-refractivity contribution in [1.29, 1.82) is 0 Å². The van der Waals surface area contributed by atoms with E-state index in [4.69, 9.17) is 0 Å². The summed E-state index contributed by atoms with van der Waals surface area (Å²) >= 11 is 0. The fourth-order valence-electron chi connectivity index (χ4n) is 1.59. The van der Waals surface area contributed by atoms with Crippen molar-refractivity contribution in [2.45, 2.75) is 65.7 Å². The van der Waals surface area contributed by atoms with E-state index < -0.39 is 0 Å². The van der Waals surface area contributed by atoms with Crippen LogP contribution in [0.5, 0.6) is 0 Å². The lowest BCUT2D eigenvalue weighted by atomic mass is 10.3. The fraction of sp³-hybridized carbons (Fsp3) is 0.750. The molecule has 0 aliphatic carbocycles.